The molecule has 4 nitrogen and oxygen atoms in total. The van der Waals surface area contributed by atoms with E-state index in [4.69, 9.17) is 5.84 Å². The molecule has 102 valence electrons. The second kappa shape index (κ2) is 7.30. The van der Waals surface area contributed by atoms with Gasteiger partial charge < -0.3 is 4.74 Å². The Labute approximate surface area is 103 Å². The first-order chi connectivity index (χ1) is 8.51. The number of hydrazine groups is 1. The highest BCUT2D eigenvalue weighted by atomic mass is 19.4. The molecule has 0 radical (unpaired) electrons. The van der Waals surface area contributed by atoms with Crippen LogP contribution in [0.1, 0.15) is 12.0 Å². The Balaban J connectivity index is 2.26. The van der Waals surface area contributed by atoms with Gasteiger partial charge in [-0.3, -0.25) is 16.3 Å². The van der Waals surface area contributed by atoms with Gasteiger partial charge in [0.2, 0.25) is 0 Å². The van der Waals surface area contributed by atoms with Crippen molar-refractivity contribution in [3.63, 3.8) is 0 Å². The number of rotatable bonds is 7. The Hall–Kier alpha value is -1.18. The molecule has 0 aromatic carbocycles. The van der Waals surface area contributed by atoms with Crippen LogP contribution in [0.2, 0.25) is 0 Å². The Morgan fingerprint density at radius 1 is 1.44 bits per heavy atom. The standard InChI is InChI=1S/C11H16F3N3O/c12-11(13,14)8-18-5-3-10(17-15)6-9-2-1-4-16-7-9/h1-2,4,7,10,17H,3,5-6,8,15H2. The van der Waals surface area contributed by atoms with Crippen molar-refractivity contribution in [2.24, 2.45) is 5.84 Å². The van der Waals surface area contributed by atoms with E-state index < -0.39 is 12.8 Å². The molecule has 0 aliphatic heterocycles. The zero-order valence-corrected chi connectivity index (χ0v) is 9.78. The number of hydrogen-bond donors (Lipinski definition) is 2. The maximum atomic E-state index is 11.8. The fourth-order valence-corrected chi connectivity index (χ4v) is 1.46. The highest BCUT2D eigenvalue weighted by molar-refractivity contribution is 5.09. The Morgan fingerprint density at radius 3 is 2.78 bits per heavy atom. The highest BCUT2D eigenvalue weighted by Gasteiger charge is 2.27. The maximum absolute atomic E-state index is 11.8. The monoisotopic (exact) mass is 263 g/mol. The molecule has 7 heteroatoms. The summed E-state index contributed by atoms with van der Waals surface area (Å²) < 4.78 is 40.0. The van der Waals surface area contributed by atoms with Crippen molar-refractivity contribution in [2.45, 2.75) is 25.1 Å². The van der Waals surface area contributed by atoms with Crippen molar-refractivity contribution in [3.05, 3.63) is 30.1 Å². The smallest absolute Gasteiger partial charge is 0.372 e. The molecule has 0 spiro atoms. The molecule has 1 unspecified atom stereocenters. The molecule has 0 aliphatic carbocycles. The number of nitrogens with one attached hydrogen (secondary N) is 1. The summed E-state index contributed by atoms with van der Waals surface area (Å²) in [7, 11) is 0. The molecule has 0 saturated heterocycles. The van der Waals surface area contributed by atoms with Crippen molar-refractivity contribution in [1.82, 2.24) is 10.4 Å². The van der Waals surface area contributed by atoms with Gasteiger partial charge in [0.1, 0.15) is 6.61 Å². The van der Waals surface area contributed by atoms with Gasteiger partial charge in [0.25, 0.3) is 0 Å². The Bertz CT molecular complexity index is 332. The summed E-state index contributed by atoms with van der Waals surface area (Å²) in [5.74, 6) is 5.34. The lowest BCUT2D eigenvalue weighted by atomic mass is 10.1. The quantitative estimate of drug-likeness (QED) is 0.444. The van der Waals surface area contributed by atoms with Gasteiger partial charge in [0.15, 0.2) is 0 Å². The SMILES string of the molecule is NNC(CCOCC(F)(F)F)Cc1cccnc1. The number of alkyl halides is 3. The predicted molar refractivity (Wildman–Crippen MR) is 60.5 cm³/mol. The molecule has 1 atom stereocenters. The van der Waals surface area contributed by atoms with Crippen LogP contribution in [0.5, 0.6) is 0 Å². The normalized spacial score (nSPS) is 13.6. The third-order valence-electron chi connectivity index (χ3n) is 2.32. The van der Waals surface area contributed by atoms with Crippen LogP contribution in [0.15, 0.2) is 24.5 Å². The van der Waals surface area contributed by atoms with Gasteiger partial charge in [0.05, 0.1) is 0 Å². The van der Waals surface area contributed by atoms with Crippen molar-refractivity contribution < 1.29 is 17.9 Å². The molecule has 18 heavy (non-hydrogen) atoms. The number of ether oxygens (including phenoxy) is 1. The Morgan fingerprint density at radius 2 is 2.22 bits per heavy atom. The van der Waals surface area contributed by atoms with Crippen LogP contribution in [0.4, 0.5) is 13.2 Å². The van der Waals surface area contributed by atoms with E-state index in [0.717, 1.165) is 5.56 Å². The second-order valence-electron chi connectivity index (χ2n) is 3.89. The lowest BCUT2D eigenvalue weighted by molar-refractivity contribution is -0.174. The molecule has 3 N–H and O–H groups in total. The van der Waals surface area contributed by atoms with Gasteiger partial charge in [-0.05, 0) is 24.5 Å². The summed E-state index contributed by atoms with van der Waals surface area (Å²) in [6, 6.07) is 3.54. The van der Waals surface area contributed by atoms with E-state index in [1.807, 2.05) is 6.07 Å². The molecule has 0 saturated carbocycles. The fourth-order valence-electron chi connectivity index (χ4n) is 1.46. The molecule has 1 heterocycles. The van der Waals surface area contributed by atoms with Crippen LogP contribution in [-0.2, 0) is 11.2 Å². The first-order valence-corrected chi connectivity index (χ1v) is 5.51. The lowest BCUT2D eigenvalue weighted by Crippen LogP contribution is -2.37. The van der Waals surface area contributed by atoms with E-state index in [1.54, 1.807) is 18.5 Å². The average molecular weight is 263 g/mol. The summed E-state index contributed by atoms with van der Waals surface area (Å²) in [5.41, 5.74) is 3.53. The number of halogens is 3. The van der Waals surface area contributed by atoms with Gasteiger partial charge >= 0.3 is 6.18 Å². The van der Waals surface area contributed by atoms with Gasteiger partial charge in [0, 0.05) is 25.0 Å². The number of pyridine rings is 1. The number of aromatic nitrogens is 1. The van der Waals surface area contributed by atoms with E-state index >= 15 is 0 Å². The minimum atomic E-state index is -4.28. The van der Waals surface area contributed by atoms with Crippen LogP contribution in [-0.4, -0.2) is 30.4 Å². The lowest BCUT2D eigenvalue weighted by Gasteiger charge is -2.16. The van der Waals surface area contributed by atoms with Crippen LogP contribution in [0.3, 0.4) is 0 Å². The average Bonchev–Trinajstić information content (AvgIpc) is 2.33. The van der Waals surface area contributed by atoms with E-state index in [1.165, 1.54) is 0 Å². The van der Waals surface area contributed by atoms with Crippen molar-refractivity contribution in [2.75, 3.05) is 13.2 Å². The second-order valence-corrected chi connectivity index (χ2v) is 3.89. The summed E-state index contributed by atoms with van der Waals surface area (Å²) >= 11 is 0. The van der Waals surface area contributed by atoms with Gasteiger partial charge in [-0.25, -0.2) is 0 Å². The molecular weight excluding hydrogens is 247 g/mol. The zero-order chi connectivity index (χ0) is 13.4. The third-order valence-corrected chi connectivity index (χ3v) is 2.32. The third kappa shape index (κ3) is 6.53. The van der Waals surface area contributed by atoms with Crippen molar-refractivity contribution in [1.29, 1.82) is 0 Å². The van der Waals surface area contributed by atoms with Crippen LogP contribution in [0.25, 0.3) is 0 Å². The summed E-state index contributed by atoms with van der Waals surface area (Å²) in [6.07, 6.45) is 0.0674. The first kappa shape index (κ1) is 14.9. The first-order valence-electron chi connectivity index (χ1n) is 5.51. The Kier molecular flexibility index (Phi) is 6.03. The fraction of sp³-hybridized carbons (Fsp3) is 0.545. The molecular formula is C11H16F3N3O. The van der Waals surface area contributed by atoms with Gasteiger partial charge in [-0.15, -0.1) is 0 Å². The molecule has 1 aromatic heterocycles. The van der Waals surface area contributed by atoms with Crippen LogP contribution >= 0.6 is 0 Å². The van der Waals surface area contributed by atoms with Crippen LogP contribution < -0.4 is 11.3 Å². The molecule has 1 rings (SSSR count). The summed E-state index contributed by atoms with van der Waals surface area (Å²) in [5, 5.41) is 0. The van der Waals surface area contributed by atoms with Gasteiger partial charge in [-0.1, -0.05) is 6.07 Å². The van der Waals surface area contributed by atoms with E-state index in [-0.39, 0.29) is 12.6 Å². The largest absolute Gasteiger partial charge is 0.411 e. The summed E-state index contributed by atoms with van der Waals surface area (Å²) in [4.78, 5) is 3.95. The number of hydrogen-bond acceptors (Lipinski definition) is 4. The highest BCUT2D eigenvalue weighted by Crippen LogP contribution is 2.14. The van der Waals surface area contributed by atoms with Crippen LogP contribution in [0, 0.1) is 0 Å². The van der Waals surface area contributed by atoms with E-state index in [2.05, 4.69) is 15.1 Å². The number of nitrogens with two attached hydrogens (primary N) is 1. The molecule has 0 fully saturated rings. The van der Waals surface area contributed by atoms with Crippen molar-refractivity contribution >= 4 is 0 Å². The summed E-state index contributed by atoms with van der Waals surface area (Å²) in [6.45, 7) is -1.22. The minimum absolute atomic E-state index is 0.00857. The molecule has 0 bridgehead atoms. The molecule has 1 aromatic rings. The topological polar surface area (TPSA) is 60.2 Å². The van der Waals surface area contributed by atoms with E-state index in [0.29, 0.717) is 12.8 Å². The zero-order valence-electron chi connectivity index (χ0n) is 9.78. The predicted octanol–water partition coefficient (Wildman–Crippen LogP) is 1.43. The van der Waals surface area contributed by atoms with Gasteiger partial charge in [-0.2, -0.15) is 13.2 Å². The number of nitrogens with zero attached hydrogens (tertiary/aromatic N) is 1. The van der Waals surface area contributed by atoms with Crippen molar-refractivity contribution in [3.8, 4) is 0 Å². The maximum Gasteiger partial charge on any atom is 0.411 e. The molecule has 0 aliphatic rings. The minimum Gasteiger partial charge on any atom is -0.372 e. The van der Waals surface area contributed by atoms with E-state index in [9.17, 15) is 13.2 Å². The molecule has 0 amide bonds.